The molecule has 0 fully saturated rings. The number of aryl methyl sites for hydroxylation is 1. The fraction of sp³-hybridized carbons (Fsp3) is 0.214. The van der Waals surface area contributed by atoms with Crippen LogP contribution < -0.4 is 16.2 Å². The maximum absolute atomic E-state index is 14.0. The molecule has 2 amide bonds. The Labute approximate surface area is 203 Å². The minimum atomic E-state index is -0.757. The number of hydrogen-bond donors (Lipinski definition) is 2. The first-order chi connectivity index (χ1) is 16.9. The first-order valence-electron chi connectivity index (χ1n) is 11.7. The Morgan fingerprint density at radius 3 is 2.37 bits per heavy atom. The van der Waals surface area contributed by atoms with Crippen LogP contribution in [-0.4, -0.2) is 21.4 Å². The highest BCUT2D eigenvalue weighted by Crippen LogP contribution is 2.29. The summed E-state index contributed by atoms with van der Waals surface area (Å²) in [6.45, 7) is 5.55. The summed E-state index contributed by atoms with van der Waals surface area (Å²) in [6, 6.07) is 21.2. The van der Waals surface area contributed by atoms with Crippen LogP contribution in [0.5, 0.6) is 0 Å². The molecule has 0 aliphatic heterocycles. The Balaban J connectivity index is 1.91. The number of carbonyl (C=O) groups is 2. The van der Waals surface area contributed by atoms with Crippen LogP contribution in [0, 0.1) is 6.92 Å². The zero-order valence-corrected chi connectivity index (χ0v) is 20.0. The van der Waals surface area contributed by atoms with Crippen molar-refractivity contribution in [2.45, 2.75) is 39.7 Å². The van der Waals surface area contributed by atoms with Crippen molar-refractivity contribution in [1.29, 1.82) is 0 Å². The van der Waals surface area contributed by atoms with Gasteiger partial charge in [0.15, 0.2) is 0 Å². The number of rotatable bonds is 7. The average molecular weight is 469 g/mol. The molecule has 1 heterocycles. The predicted molar refractivity (Wildman–Crippen MR) is 139 cm³/mol. The highest BCUT2D eigenvalue weighted by Gasteiger charge is 2.25. The molecule has 0 aliphatic carbocycles. The van der Waals surface area contributed by atoms with Crippen molar-refractivity contribution in [3.8, 4) is 11.3 Å². The second-order valence-corrected chi connectivity index (χ2v) is 8.35. The molecule has 7 heteroatoms. The Morgan fingerprint density at radius 2 is 1.66 bits per heavy atom. The number of fused-ring (bicyclic) bond motifs is 1. The van der Waals surface area contributed by atoms with Gasteiger partial charge in [-0.3, -0.25) is 19.0 Å². The highest BCUT2D eigenvalue weighted by atomic mass is 16.2. The number of amides is 2. The van der Waals surface area contributed by atoms with E-state index in [1.807, 2.05) is 62.4 Å². The van der Waals surface area contributed by atoms with Crippen LogP contribution in [-0.2, 0) is 9.59 Å². The van der Waals surface area contributed by atoms with E-state index in [4.69, 9.17) is 0 Å². The summed E-state index contributed by atoms with van der Waals surface area (Å²) in [7, 11) is 0. The van der Waals surface area contributed by atoms with Crippen LogP contribution in [0.4, 0.5) is 11.4 Å². The third-order valence-corrected chi connectivity index (χ3v) is 5.86. The van der Waals surface area contributed by atoms with Gasteiger partial charge < -0.3 is 10.6 Å². The van der Waals surface area contributed by atoms with Crippen molar-refractivity contribution >= 4 is 34.2 Å². The van der Waals surface area contributed by atoms with E-state index in [0.29, 0.717) is 40.8 Å². The quantitative estimate of drug-likeness (QED) is 0.384. The number of aromatic nitrogens is 2. The van der Waals surface area contributed by atoms with E-state index in [2.05, 4.69) is 15.6 Å². The van der Waals surface area contributed by atoms with E-state index >= 15 is 0 Å². The second kappa shape index (κ2) is 10.3. The van der Waals surface area contributed by atoms with Gasteiger partial charge in [0.2, 0.25) is 11.8 Å². The lowest BCUT2D eigenvalue weighted by Gasteiger charge is -2.21. The van der Waals surface area contributed by atoms with E-state index in [-0.39, 0.29) is 17.5 Å². The number of para-hydroxylation sites is 3. The second-order valence-electron chi connectivity index (χ2n) is 8.35. The van der Waals surface area contributed by atoms with Gasteiger partial charge in [-0.2, -0.15) is 0 Å². The average Bonchev–Trinajstić information content (AvgIpc) is 2.87. The van der Waals surface area contributed by atoms with E-state index in [1.54, 1.807) is 31.2 Å². The first kappa shape index (κ1) is 23.9. The molecule has 178 valence electrons. The van der Waals surface area contributed by atoms with Gasteiger partial charge in [0.05, 0.1) is 16.7 Å². The molecular weight excluding hydrogens is 440 g/mol. The summed E-state index contributed by atoms with van der Waals surface area (Å²) >= 11 is 0. The SMILES string of the molecule is CCC(=O)Nc1ccc(C)cc1-c1nc2ccccc2n([C@@H](CC)C(=O)Nc2ccccc2)c1=O. The number of benzene rings is 3. The van der Waals surface area contributed by atoms with E-state index in [0.717, 1.165) is 5.56 Å². The summed E-state index contributed by atoms with van der Waals surface area (Å²) in [4.78, 5) is 44.2. The zero-order chi connectivity index (χ0) is 24.9. The lowest BCUT2D eigenvalue weighted by atomic mass is 10.0. The molecule has 35 heavy (non-hydrogen) atoms. The van der Waals surface area contributed by atoms with Crippen molar-refractivity contribution in [1.82, 2.24) is 9.55 Å². The summed E-state index contributed by atoms with van der Waals surface area (Å²) in [5.74, 6) is -0.447. The molecule has 1 aromatic heterocycles. The van der Waals surface area contributed by atoms with Crippen LogP contribution in [0.25, 0.3) is 22.3 Å². The standard InChI is InChI=1S/C28H28N4O3/c1-4-23(27(34)29-19-11-7-6-8-12-19)32-24-14-10-9-13-22(24)31-26(28(32)35)20-17-18(3)15-16-21(20)30-25(33)5-2/h6-17,23H,4-5H2,1-3H3,(H,29,34)(H,30,33)/t23-/m0/s1. The van der Waals surface area contributed by atoms with Gasteiger partial charge in [-0.25, -0.2) is 4.98 Å². The molecular formula is C28H28N4O3. The number of nitrogens with one attached hydrogen (secondary N) is 2. The Morgan fingerprint density at radius 1 is 0.943 bits per heavy atom. The normalized spacial score (nSPS) is 11.7. The molecule has 0 aliphatic rings. The van der Waals surface area contributed by atoms with Gasteiger partial charge >= 0.3 is 0 Å². The summed E-state index contributed by atoms with van der Waals surface area (Å²) in [5.41, 5.74) is 3.56. The summed E-state index contributed by atoms with van der Waals surface area (Å²) < 4.78 is 1.52. The lowest BCUT2D eigenvalue weighted by Crippen LogP contribution is -2.34. The Hall–Kier alpha value is -4.26. The number of carbonyl (C=O) groups excluding carboxylic acids is 2. The topological polar surface area (TPSA) is 93.1 Å². The van der Waals surface area contributed by atoms with Crippen LogP contribution in [0.3, 0.4) is 0 Å². The van der Waals surface area contributed by atoms with Crippen molar-refractivity contribution in [2.75, 3.05) is 10.6 Å². The monoisotopic (exact) mass is 468 g/mol. The smallest absolute Gasteiger partial charge is 0.278 e. The van der Waals surface area contributed by atoms with Crippen molar-refractivity contribution in [3.63, 3.8) is 0 Å². The van der Waals surface area contributed by atoms with Gasteiger partial charge in [-0.1, -0.05) is 55.8 Å². The summed E-state index contributed by atoms with van der Waals surface area (Å²) in [6.07, 6.45) is 0.708. The number of nitrogens with zero attached hydrogens (tertiary/aromatic N) is 2. The Kier molecular flexibility index (Phi) is 7.06. The van der Waals surface area contributed by atoms with Crippen molar-refractivity contribution in [2.24, 2.45) is 0 Å². The molecule has 7 nitrogen and oxygen atoms in total. The predicted octanol–water partition coefficient (Wildman–Crippen LogP) is 5.31. The molecule has 0 saturated heterocycles. The van der Waals surface area contributed by atoms with Gasteiger partial charge in [0.1, 0.15) is 11.7 Å². The molecule has 4 rings (SSSR count). The fourth-order valence-electron chi connectivity index (χ4n) is 4.07. The third-order valence-electron chi connectivity index (χ3n) is 5.86. The maximum Gasteiger partial charge on any atom is 0.278 e. The van der Waals surface area contributed by atoms with Crippen molar-refractivity contribution in [3.05, 3.63) is 88.7 Å². The van der Waals surface area contributed by atoms with Crippen LogP contribution in [0.15, 0.2) is 77.6 Å². The van der Waals surface area contributed by atoms with Crippen LogP contribution in [0.1, 0.15) is 38.3 Å². The molecule has 4 aromatic rings. The molecule has 0 bridgehead atoms. The lowest BCUT2D eigenvalue weighted by molar-refractivity contribution is -0.119. The van der Waals surface area contributed by atoms with Gasteiger partial charge in [-0.15, -0.1) is 0 Å². The van der Waals surface area contributed by atoms with E-state index in [1.165, 1.54) is 4.57 Å². The third kappa shape index (κ3) is 4.99. The number of anilines is 2. The molecule has 2 N–H and O–H groups in total. The first-order valence-corrected chi connectivity index (χ1v) is 11.7. The Bertz CT molecular complexity index is 1440. The van der Waals surface area contributed by atoms with Crippen LogP contribution >= 0.6 is 0 Å². The van der Waals surface area contributed by atoms with Crippen LogP contribution in [0.2, 0.25) is 0 Å². The molecule has 0 saturated carbocycles. The minimum absolute atomic E-state index is 0.162. The van der Waals surface area contributed by atoms with E-state index < -0.39 is 11.6 Å². The maximum atomic E-state index is 14.0. The fourth-order valence-corrected chi connectivity index (χ4v) is 4.07. The summed E-state index contributed by atoms with van der Waals surface area (Å²) in [5, 5.41) is 5.79. The van der Waals surface area contributed by atoms with Gasteiger partial charge in [0, 0.05) is 17.7 Å². The largest absolute Gasteiger partial charge is 0.325 e. The molecule has 1 atom stereocenters. The zero-order valence-electron chi connectivity index (χ0n) is 20.0. The highest BCUT2D eigenvalue weighted by molar-refractivity contribution is 5.96. The molecule has 0 unspecified atom stereocenters. The minimum Gasteiger partial charge on any atom is -0.325 e. The number of hydrogen-bond acceptors (Lipinski definition) is 4. The van der Waals surface area contributed by atoms with Gasteiger partial charge in [0.25, 0.3) is 5.56 Å². The van der Waals surface area contributed by atoms with Crippen molar-refractivity contribution < 1.29 is 9.59 Å². The van der Waals surface area contributed by atoms with E-state index in [9.17, 15) is 14.4 Å². The van der Waals surface area contributed by atoms with Gasteiger partial charge in [-0.05, 0) is 49.7 Å². The molecule has 3 aromatic carbocycles. The molecule has 0 spiro atoms. The molecule has 0 radical (unpaired) electrons.